The fourth-order valence-electron chi connectivity index (χ4n) is 6.61. The highest BCUT2D eigenvalue weighted by Gasteiger charge is 2.56. The molecule has 1 aliphatic rings. The van der Waals surface area contributed by atoms with Crippen molar-refractivity contribution in [3.05, 3.63) is 104 Å². The molecule has 0 unspecified atom stereocenters. The Morgan fingerprint density at radius 3 is 1.47 bits per heavy atom. The van der Waals surface area contributed by atoms with Crippen LogP contribution in [0.5, 0.6) is 5.88 Å². The second-order valence-corrected chi connectivity index (χ2v) is 37.8. The first kappa shape index (κ1) is 45.5. The van der Waals surface area contributed by atoms with E-state index in [1.165, 1.54) is 0 Å². The maximum atomic E-state index is 7.48. The molecule has 9 nitrogen and oxygen atoms in total. The first-order chi connectivity index (χ1) is 27.4. The van der Waals surface area contributed by atoms with Crippen LogP contribution in [0.15, 0.2) is 104 Å². The van der Waals surface area contributed by atoms with E-state index < -0.39 is 44.8 Å². The molecular formula is C46H68N4O5PSi3+. The van der Waals surface area contributed by atoms with E-state index >= 15 is 0 Å². The number of nitrogens with zero attached hydrogens (tertiary/aromatic N) is 4. The normalized spacial score (nSPS) is 20.0. The van der Waals surface area contributed by atoms with Crippen LogP contribution in [0, 0.1) is 0 Å². The lowest BCUT2D eigenvalue weighted by atomic mass is 10.1. The maximum absolute atomic E-state index is 7.48. The van der Waals surface area contributed by atoms with Gasteiger partial charge < -0.3 is 22.5 Å². The molecule has 13 heteroatoms. The lowest BCUT2D eigenvalue weighted by Crippen LogP contribution is -2.54. The van der Waals surface area contributed by atoms with Crippen molar-refractivity contribution in [3.8, 4) is 5.88 Å². The summed E-state index contributed by atoms with van der Waals surface area (Å²) in [7, 11) is -9.66. The Kier molecular flexibility index (Phi) is 12.8. The van der Waals surface area contributed by atoms with Gasteiger partial charge in [-0.05, 0) is 90.8 Å². The fraction of sp³-hybridized carbons (Fsp3) is 0.500. The highest BCUT2D eigenvalue weighted by atomic mass is 31.2. The molecular weight excluding hydrogens is 804 g/mol. The summed E-state index contributed by atoms with van der Waals surface area (Å²) in [6.07, 6.45) is 1.55. The number of ether oxygens (including phenoxy) is 1. The first-order valence-electron chi connectivity index (χ1n) is 21.0. The number of benzene rings is 3. The molecule has 0 aliphatic carbocycles. The topological polar surface area (TPSA) is 89.8 Å². The van der Waals surface area contributed by atoms with Crippen LogP contribution in [0.25, 0.3) is 11.2 Å². The van der Waals surface area contributed by atoms with Gasteiger partial charge in [-0.25, -0.2) is 9.97 Å². The number of rotatable bonds is 13. The molecule has 1 fully saturated rings. The summed E-state index contributed by atoms with van der Waals surface area (Å²) in [6, 6.07) is 31.4. The van der Waals surface area contributed by atoms with Gasteiger partial charge in [0.15, 0.2) is 42.3 Å². The van der Waals surface area contributed by atoms with Gasteiger partial charge in [0.1, 0.15) is 40.6 Å². The van der Waals surface area contributed by atoms with Gasteiger partial charge in [0, 0.05) is 0 Å². The van der Waals surface area contributed by atoms with Crippen molar-refractivity contribution in [2.24, 2.45) is 0 Å². The minimum absolute atomic E-state index is 0.0306. The molecule has 4 atom stereocenters. The lowest BCUT2D eigenvalue weighted by molar-refractivity contribution is -0.0470. The first-order valence-corrected chi connectivity index (χ1v) is 31.4. The predicted octanol–water partition coefficient (Wildman–Crippen LogP) is 10.8. The van der Waals surface area contributed by atoms with Crippen LogP contribution in [0.2, 0.25) is 54.4 Å². The Morgan fingerprint density at radius 2 is 1.03 bits per heavy atom. The van der Waals surface area contributed by atoms with E-state index in [1.54, 1.807) is 6.33 Å². The van der Waals surface area contributed by atoms with E-state index in [4.69, 9.17) is 37.5 Å². The summed E-state index contributed by atoms with van der Waals surface area (Å²) < 4.78 is 38.6. The molecule has 0 N–H and O–H groups in total. The van der Waals surface area contributed by atoms with E-state index in [-0.39, 0.29) is 27.3 Å². The zero-order chi connectivity index (χ0) is 43.2. The summed E-state index contributed by atoms with van der Waals surface area (Å²) in [5.74, 6) is 0.408. The zero-order valence-electron chi connectivity index (χ0n) is 38.1. The Labute approximate surface area is 357 Å². The highest BCUT2D eigenvalue weighted by Crippen LogP contribution is 2.56. The van der Waals surface area contributed by atoms with Crippen molar-refractivity contribution in [2.45, 2.75) is 141 Å². The van der Waals surface area contributed by atoms with E-state index in [0.717, 1.165) is 15.9 Å². The van der Waals surface area contributed by atoms with Crippen LogP contribution in [0.4, 0.5) is 0 Å². The maximum Gasteiger partial charge on any atom is 0.297 e. The number of fused-ring (bicyclic) bond motifs is 1. The van der Waals surface area contributed by atoms with Crippen molar-refractivity contribution in [2.75, 3.05) is 6.61 Å². The van der Waals surface area contributed by atoms with E-state index in [2.05, 4.69) is 174 Å². The highest BCUT2D eigenvalue weighted by molar-refractivity contribution is 7.92. The molecule has 0 amide bonds. The molecule has 0 spiro atoms. The molecule has 59 heavy (non-hydrogen) atoms. The number of hydrogen-bond donors (Lipinski definition) is 0. The number of aromatic nitrogens is 4. The predicted molar refractivity (Wildman–Crippen MR) is 252 cm³/mol. The molecule has 0 saturated carbocycles. The Hall–Kier alpha value is -3.07. The van der Waals surface area contributed by atoms with Gasteiger partial charge in [0.25, 0.3) is 13.4 Å². The minimum Gasteiger partial charge on any atom is -0.414 e. The Bertz CT molecular complexity index is 2070. The van der Waals surface area contributed by atoms with Gasteiger partial charge in [-0.1, -0.05) is 117 Å². The third-order valence-corrected chi connectivity index (χ3v) is 30.3. The van der Waals surface area contributed by atoms with Crippen LogP contribution in [-0.4, -0.2) is 69.4 Å². The Balaban J connectivity index is 1.51. The van der Waals surface area contributed by atoms with Gasteiger partial charge in [-0.3, -0.25) is 4.57 Å². The van der Waals surface area contributed by atoms with E-state index in [1.807, 2.05) is 29.1 Å². The van der Waals surface area contributed by atoms with Crippen molar-refractivity contribution < 1.29 is 22.5 Å². The molecule has 3 aromatic carbocycles. The molecule has 0 radical (unpaired) electrons. The van der Waals surface area contributed by atoms with Crippen molar-refractivity contribution in [1.29, 1.82) is 0 Å². The SMILES string of the molecule is CC(C)(C)[Si](C)(C)OC[C@H]1O[C@@H](n2cnc3c(O[P+](c4ccccc4)(c4ccccc4)c4ccccc4)ncnc32)[C@H](O[Si](C)(C)C(C)(C)C)[C@@H]1O[Si](C)(C)C(C)(C)C. The molecule has 6 rings (SSSR count). The molecule has 2 aromatic heterocycles. The number of imidazole rings is 1. The van der Waals surface area contributed by atoms with Crippen molar-refractivity contribution in [3.63, 3.8) is 0 Å². The monoisotopic (exact) mass is 871 g/mol. The number of hydrogen-bond acceptors (Lipinski definition) is 8. The summed E-state index contributed by atoms with van der Waals surface area (Å²) in [6.45, 7) is 34.7. The van der Waals surface area contributed by atoms with Crippen molar-refractivity contribution in [1.82, 2.24) is 19.5 Å². The fourth-order valence-corrected chi connectivity index (χ4v) is 13.6. The molecule has 1 aliphatic heterocycles. The standard InChI is InChI=1S/C46H68N4O5PSi3/c1-44(2,3)57(10,11)51-31-37-39(54-58(12,13)45(4,5)6)40(55-59(14,15)46(7,8)9)43(52-37)50-33-49-38-41(50)47-32-48-42(38)53-56(34-25-19-16-20-26-34,35-27-21-17-22-28-35)36-29-23-18-24-30-36/h16-30,32-33,37,39-40,43H,31H2,1-15H3/q+1/t37-,39-,40-,43-/m1/s1. The van der Waals surface area contributed by atoms with Gasteiger partial charge in [0.05, 0.1) is 12.9 Å². The summed E-state index contributed by atoms with van der Waals surface area (Å²) >= 11 is 0. The molecule has 0 bridgehead atoms. The average molecular weight is 872 g/mol. The van der Waals surface area contributed by atoms with Crippen LogP contribution in [0.1, 0.15) is 68.5 Å². The third kappa shape index (κ3) is 9.12. The van der Waals surface area contributed by atoms with E-state index in [0.29, 0.717) is 23.7 Å². The Morgan fingerprint density at radius 1 is 0.593 bits per heavy atom. The molecule has 3 heterocycles. The van der Waals surface area contributed by atoms with Crippen LogP contribution in [0.3, 0.4) is 0 Å². The summed E-state index contributed by atoms with van der Waals surface area (Å²) in [4.78, 5) is 14.8. The third-order valence-electron chi connectivity index (χ3n) is 13.4. The van der Waals surface area contributed by atoms with Crippen LogP contribution < -0.4 is 20.4 Å². The second-order valence-electron chi connectivity index (χ2n) is 20.5. The van der Waals surface area contributed by atoms with Gasteiger partial charge in [-0.2, -0.15) is 4.98 Å². The van der Waals surface area contributed by atoms with Gasteiger partial charge in [0.2, 0.25) is 0 Å². The second kappa shape index (κ2) is 16.7. The average Bonchev–Trinajstić information content (AvgIpc) is 3.73. The smallest absolute Gasteiger partial charge is 0.297 e. The zero-order valence-corrected chi connectivity index (χ0v) is 42.0. The largest absolute Gasteiger partial charge is 0.414 e. The quantitative estimate of drug-likeness (QED) is 0.0854. The van der Waals surface area contributed by atoms with Crippen molar-refractivity contribution >= 4 is 59.5 Å². The summed E-state index contributed by atoms with van der Waals surface area (Å²) in [5, 5.41) is 3.14. The summed E-state index contributed by atoms with van der Waals surface area (Å²) in [5.41, 5.74) is 1.16. The van der Waals surface area contributed by atoms with Crippen LogP contribution >= 0.6 is 7.49 Å². The van der Waals surface area contributed by atoms with Crippen LogP contribution in [-0.2, 0) is 18.0 Å². The molecule has 5 aromatic rings. The van der Waals surface area contributed by atoms with Gasteiger partial charge in [-0.15, -0.1) is 0 Å². The molecule has 318 valence electrons. The molecule has 1 saturated heterocycles. The lowest BCUT2D eigenvalue weighted by Gasteiger charge is -2.44. The van der Waals surface area contributed by atoms with E-state index in [9.17, 15) is 0 Å². The minimum atomic E-state index is -2.77. The van der Waals surface area contributed by atoms with Gasteiger partial charge >= 0.3 is 0 Å².